The van der Waals surface area contributed by atoms with Gasteiger partial charge >= 0.3 is 11.9 Å². The number of esters is 2. The van der Waals surface area contributed by atoms with E-state index in [1.807, 2.05) is 0 Å². The molecule has 0 radical (unpaired) electrons. The summed E-state index contributed by atoms with van der Waals surface area (Å²) >= 11 is 0. The molecule has 1 unspecified atom stereocenters. The molecule has 212 valence electrons. The number of Topliss-reactive ketones (excluding diaryl/α,β-unsaturated/α-hetero) is 1. The standard InChI is InChI=1S/C29H36O10/c1-17-6-9-27-15-35-24(33)12-18-7-10-36-28(25(18)34,19(31)14-30)8-4-3-5-23(32)39-20-13-22(38-21(27)11-17)29(16-37-29)26(20,27)2/h3,5,11-12,20-22,25,30,34H,4,6-10,13-16H2,1-2H3/b5-3-,18-12+/t20-,21-,22-,25-,26-,27-,28-,29?/m1/s1. The molecular weight excluding hydrogens is 508 g/mol. The van der Waals surface area contributed by atoms with E-state index < -0.39 is 58.6 Å². The molecular formula is C29H36O10. The van der Waals surface area contributed by atoms with Crippen molar-refractivity contribution in [1.29, 1.82) is 0 Å². The van der Waals surface area contributed by atoms with Crippen LogP contribution in [0.3, 0.4) is 0 Å². The first-order chi connectivity index (χ1) is 18.6. The fraction of sp³-hybridized carbons (Fsp3) is 0.690. The van der Waals surface area contributed by atoms with Crippen molar-refractivity contribution >= 4 is 17.7 Å². The van der Waals surface area contributed by atoms with E-state index in [2.05, 4.69) is 19.9 Å². The maximum atomic E-state index is 13.2. The second kappa shape index (κ2) is 9.34. The number of cyclic esters (lactones) is 1. The molecule has 6 rings (SSSR count). The Balaban J connectivity index is 1.41. The van der Waals surface area contributed by atoms with Gasteiger partial charge in [0.25, 0.3) is 0 Å². The second-order valence-electron chi connectivity index (χ2n) is 12.0. The van der Waals surface area contributed by atoms with Crippen LogP contribution in [0, 0.1) is 10.8 Å². The molecule has 10 nitrogen and oxygen atoms in total. The van der Waals surface area contributed by atoms with E-state index in [0.717, 1.165) is 6.42 Å². The number of epoxide rings is 1. The molecule has 0 aromatic heterocycles. The molecule has 2 spiro atoms. The molecule has 0 amide bonds. The minimum atomic E-state index is -1.73. The number of rotatable bonds is 2. The van der Waals surface area contributed by atoms with Crippen LogP contribution in [-0.4, -0.2) is 90.0 Å². The number of allylic oxidation sites excluding steroid dienone is 2. The average Bonchev–Trinajstić information content (AvgIpc) is 3.69. The van der Waals surface area contributed by atoms with Gasteiger partial charge in [0.15, 0.2) is 11.4 Å². The fourth-order valence-electron chi connectivity index (χ4n) is 7.92. The predicted molar refractivity (Wildman–Crippen MR) is 134 cm³/mol. The molecule has 4 aliphatic heterocycles. The summed E-state index contributed by atoms with van der Waals surface area (Å²) in [5, 5.41) is 20.8. The Bertz CT molecular complexity index is 1170. The smallest absolute Gasteiger partial charge is 0.330 e. The van der Waals surface area contributed by atoms with E-state index >= 15 is 0 Å². The van der Waals surface area contributed by atoms with Crippen molar-refractivity contribution in [2.75, 3.05) is 26.4 Å². The monoisotopic (exact) mass is 544 g/mol. The van der Waals surface area contributed by atoms with Gasteiger partial charge in [0.05, 0.1) is 30.8 Å². The van der Waals surface area contributed by atoms with Crippen LogP contribution in [-0.2, 0) is 38.1 Å². The van der Waals surface area contributed by atoms with Gasteiger partial charge < -0.3 is 33.9 Å². The SMILES string of the molecule is CC1=C[C@H]2O[C@@H]3C[C@H]4OC(=O)/C=C\CC[C@]5(C(=O)CO)OCC/C(=C\C(=O)OC[C@@]2(CC1)[C@]4(C)C31CO1)[C@H]5O. The molecule has 0 aromatic carbocycles. The predicted octanol–water partition coefficient (Wildman–Crippen LogP) is 1.47. The molecule has 0 aromatic rings. The Labute approximate surface area is 226 Å². The largest absolute Gasteiger partial charge is 0.462 e. The minimum absolute atomic E-state index is 0.00815. The normalized spacial score (nSPS) is 47.7. The topological polar surface area (TPSA) is 141 Å². The number of fused-ring (bicyclic) bond motifs is 2. The lowest BCUT2D eigenvalue weighted by Crippen LogP contribution is -2.66. The highest BCUT2D eigenvalue weighted by Crippen LogP contribution is 2.72. The highest BCUT2D eigenvalue weighted by molar-refractivity contribution is 5.90. The molecule has 6 aliphatic rings. The van der Waals surface area contributed by atoms with Crippen LogP contribution in [0.25, 0.3) is 0 Å². The molecule has 8 atom stereocenters. The van der Waals surface area contributed by atoms with Gasteiger partial charge in [0.2, 0.25) is 0 Å². The first-order valence-corrected chi connectivity index (χ1v) is 13.8. The summed E-state index contributed by atoms with van der Waals surface area (Å²) in [6.07, 6.45) is 6.04. The minimum Gasteiger partial charge on any atom is -0.462 e. The van der Waals surface area contributed by atoms with E-state index in [9.17, 15) is 24.6 Å². The third-order valence-electron chi connectivity index (χ3n) is 10.3. The maximum Gasteiger partial charge on any atom is 0.330 e. The van der Waals surface area contributed by atoms with E-state index in [-0.39, 0.29) is 44.7 Å². The van der Waals surface area contributed by atoms with E-state index in [4.69, 9.17) is 23.7 Å². The quantitative estimate of drug-likeness (QED) is 0.298. The maximum absolute atomic E-state index is 13.2. The number of ketones is 1. The van der Waals surface area contributed by atoms with Gasteiger partial charge in [0.1, 0.15) is 31.0 Å². The number of aliphatic hydroxyl groups excluding tert-OH is 2. The lowest BCUT2D eigenvalue weighted by molar-refractivity contribution is -0.232. The van der Waals surface area contributed by atoms with Crippen molar-refractivity contribution in [1.82, 2.24) is 0 Å². The van der Waals surface area contributed by atoms with Crippen molar-refractivity contribution in [2.24, 2.45) is 10.8 Å². The van der Waals surface area contributed by atoms with Crippen molar-refractivity contribution in [2.45, 2.75) is 88.0 Å². The first-order valence-electron chi connectivity index (χ1n) is 13.8. The summed E-state index contributed by atoms with van der Waals surface area (Å²) in [5.74, 6) is -1.87. The summed E-state index contributed by atoms with van der Waals surface area (Å²) in [6, 6.07) is 0. The molecule has 39 heavy (non-hydrogen) atoms. The lowest BCUT2D eigenvalue weighted by atomic mass is 9.51. The summed E-state index contributed by atoms with van der Waals surface area (Å²) in [6.45, 7) is 3.88. The van der Waals surface area contributed by atoms with Crippen molar-refractivity contribution in [3.63, 3.8) is 0 Å². The summed E-state index contributed by atoms with van der Waals surface area (Å²) in [7, 11) is 0. The number of ether oxygens (including phenoxy) is 5. The van der Waals surface area contributed by atoms with Crippen LogP contribution in [0.1, 0.15) is 52.4 Å². The number of hydrogen-bond acceptors (Lipinski definition) is 10. The zero-order valence-electron chi connectivity index (χ0n) is 22.4. The van der Waals surface area contributed by atoms with Crippen molar-refractivity contribution in [3.05, 3.63) is 35.5 Å². The van der Waals surface area contributed by atoms with Gasteiger partial charge in [-0.25, -0.2) is 9.59 Å². The van der Waals surface area contributed by atoms with Crippen LogP contribution >= 0.6 is 0 Å². The molecule has 2 aliphatic carbocycles. The number of carbonyl (C=O) groups is 3. The Hall–Kier alpha value is -2.37. The molecule has 10 heteroatoms. The Morgan fingerprint density at radius 1 is 1.10 bits per heavy atom. The molecule has 4 bridgehead atoms. The highest BCUT2D eigenvalue weighted by Gasteiger charge is 2.83. The van der Waals surface area contributed by atoms with Gasteiger partial charge in [-0.2, -0.15) is 0 Å². The fourth-order valence-corrected chi connectivity index (χ4v) is 7.92. The number of carbonyl (C=O) groups excluding carboxylic acids is 3. The van der Waals surface area contributed by atoms with E-state index in [1.54, 1.807) is 6.08 Å². The van der Waals surface area contributed by atoms with E-state index in [0.29, 0.717) is 25.0 Å². The molecule has 1 saturated carbocycles. The summed E-state index contributed by atoms with van der Waals surface area (Å²) in [4.78, 5) is 39.1. The Morgan fingerprint density at radius 3 is 2.64 bits per heavy atom. The van der Waals surface area contributed by atoms with Gasteiger partial charge in [-0.05, 0) is 44.6 Å². The zero-order chi connectivity index (χ0) is 27.6. The summed E-state index contributed by atoms with van der Waals surface area (Å²) in [5.41, 5.74) is -2.22. The second-order valence-corrected chi connectivity index (χ2v) is 12.0. The molecule has 2 N–H and O–H groups in total. The molecule has 4 fully saturated rings. The zero-order valence-corrected chi connectivity index (χ0v) is 22.4. The highest BCUT2D eigenvalue weighted by atomic mass is 16.6. The van der Waals surface area contributed by atoms with Crippen LogP contribution in [0.5, 0.6) is 0 Å². The first kappa shape index (κ1) is 26.8. The van der Waals surface area contributed by atoms with Crippen LogP contribution in [0.15, 0.2) is 35.5 Å². The van der Waals surface area contributed by atoms with Crippen LogP contribution in [0.2, 0.25) is 0 Å². The van der Waals surface area contributed by atoms with Gasteiger partial charge in [-0.1, -0.05) is 24.6 Å². The number of aliphatic hydroxyl groups is 2. The van der Waals surface area contributed by atoms with Crippen LogP contribution < -0.4 is 0 Å². The van der Waals surface area contributed by atoms with Crippen LogP contribution in [0.4, 0.5) is 0 Å². The van der Waals surface area contributed by atoms with Crippen molar-refractivity contribution in [3.8, 4) is 0 Å². The van der Waals surface area contributed by atoms with Gasteiger partial charge in [-0.3, -0.25) is 4.79 Å². The third-order valence-corrected chi connectivity index (χ3v) is 10.3. The number of hydrogen-bond donors (Lipinski definition) is 2. The molecule has 4 heterocycles. The Morgan fingerprint density at radius 2 is 1.90 bits per heavy atom. The summed E-state index contributed by atoms with van der Waals surface area (Å²) < 4.78 is 30.5. The van der Waals surface area contributed by atoms with E-state index in [1.165, 1.54) is 17.7 Å². The van der Waals surface area contributed by atoms with Crippen molar-refractivity contribution < 1.29 is 48.3 Å². The van der Waals surface area contributed by atoms with Gasteiger partial charge in [0, 0.05) is 24.0 Å². The molecule has 3 saturated heterocycles. The Kier molecular flexibility index (Phi) is 6.43. The van der Waals surface area contributed by atoms with Gasteiger partial charge in [-0.15, -0.1) is 0 Å². The third kappa shape index (κ3) is 3.75. The average molecular weight is 545 g/mol. The lowest BCUT2D eigenvalue weighted by Gasteiger charge is -2.58.